The van der Waals surface area contributed by atoms with Gasteiger partial charge in [-0.1, -0.05) is 12.1 Å². The van der Waals surface area contributed by atoms with Gasteiger partial charge in [0.25, 0.3) is 0 Å². The third-order valence-corrected chi connectivity index (χ3v) is 4.73. The van der Waals surface area contributed by atoms with Gasteiger partial charge >= 0.3 is 11.8 Å². The monoisotopic (exact) mass is 361 g/mol. The quantitative estimate of drug-likeness (QED) is 0.775. The van der Waals surface area contributed by atoms with E-state index in [9.17, 15) is 9.59 Å². The van der Waals surface area contributed by atoms with Crippen LogP contribution in [0.1, 0.15) is 16.5 Å². The molecular formula is C18H23N3O3S. The van der Waals surface area contributed by atoms with Crippen molar-refractivity contribution in [1.82, 2.24) is 10.2 Å². The number of anilines is 1. The van der Waals surface area contributed by atoms with E-state index in [0.717, 1.165) is 10.4 Å². The van der Waals surface area contributed by atoms with Crippen LogP contribution < -0.4 is 15.4 Å². The van der Waals surface area contributed by atoms with E-state index >= 15 is 0 Å². The number of rotatable bonds is 6. The lowest BCUT2D eigenvalue weighted by molar-refractivity contribution is -0.136. The molecule has 0 radical (unpaired) electrons. The molecule has 0 aliphatic carbocycles. The molecule has 2 rings (SSSR count). The first-order valence-electron chi connectivity index (χ1n) is 7.86. The van der Waals surface area contributed by atoms with Crippen LogP contribution in [0.3, 0.4) is 0 Å². The number of carbonyl (C=O) groups is 2. The van der Waals surface area contributed by atoms with Crippen molar-refractivity contribution in [2.24, 2.45) is 0 Å². The summed E-state index contributed by atoms with van der Waals surface area (Å²) in [4.78, 5) is 27.5. The molecule has 2 amide bonds. The predicted molar refractivity (Wildman–Crippen MR) is 100 cm³/mol. The first-order valence-corrected chi connectivity index (χ1v) is 8.74. The Morgan fingerprint density at radius 1 is 1.24 bits per heavy atom. The highest BCUT2D eigenvalue weighted by Crippen LogP contribution is 2.25. The van der Waals surface area contributed by atoms with Gasteiger partial charge in [-0.15, -0.1) is 11.3 Å². The highest BCUT2D eigenvalue weighted by Gasteiger charge is 2.20. The van der Waals surface area contributed by atoms with Crippen molar-refractivity contribution in [3.63, 3.8) is 0 Å². The summed E-state index contributed by atoms with van der Waals surface area (Å²) < 4.78 is 5.21. The van der Waals surface area contributed by atoms with E-state index in [2.05, 4.69) is 10.6 Å². The standard InChI is InChI=1S/C18H23N3O3S/c1-12-7-8-15(24-4)13(10-12)20-18(23)17(22)19-11-14(21(2)3)16-6-5-9-25-16/h5-10,14H,11H2,1-4H3,(H,19,22)(H,20,23). The maximum atomic E-state index is 12.2. The molecular weight excluding hydrogens is 338 g/mol. The summed E-state index contributed by atoms with van der Waals surface area (Å²) in [6.07, 6.45) is 0. The van der Waals surface area contributed by atoms with Crippen LogP contribution in [0.15, 0.2) is 35.7 Å². The molecule has 0 fully saturated rings. The van der Waals surface area contributed by atoms with Crippen LogP contribution >= 0.6 is 11.3 Å². The van der Waals surface area contributed by atoms with Crippen molar-refractivity contribution in [1.29, 1.82) is 0 Å². The van der Waals surface area contributed by atoms with Gasteiger partial charge in [0.15, 0.2) is 0 Å². The Labute approximate surface area is 151 Å². The summed E-state index contributed by atoms with van der Waals surface area (Å²) in [7, 11) is 5.39. The molecule has 1 aromatic carbocycles. The van der Waals surface area contributed by atoms with Crippen molar-refractivity contribution >= 4 is 28.8 Å². The van der Waals surface area contributed by atoms with E-state index in [1.54, 1.807) is 23.5 Å². The molecule has 0 bridgehead atoms. The summed E-state index contributed by atoms with van der Waals surface area (Å²) in [5, 5.41) is 7.29. The average Bonchev–Trinajstić information content (AvgIpc) is 3.09. The molecule has 1 aromatic heterocycles. The molecule has 0 saturated carbocycles. The number of methoxy groups -OCH3 is 1. The zero-order chi connectivity index (χ0) is 18.4. The molecule has 6 nitrogen and oxygen atoms in total. The molecule has 1 heterocycles. The van der Waals surface area contributed by atoms with E-state index < -0.39 is 11.8 Å². The smallest absolute Gasteiger partial charge is 0.313 e. The van der Waals surface area contributed by atoms with Crippen LogP contribution in [0.2, 0.25) is 0 Å². The summed E-state index contributed by atoms with van der Waals surface area (Å²) in [5.41, 5.74) is 1.44. The minimum absolute atomic E-state index is 0.0188. The van der Waals surface area contributed by atoms with Crippen molar-refractivity contribution in [3.05, 3.63) is 46.2 Å². The fraction of sp³-hybridized carbons (Fsp3) is 0.333. The fourth-order valence-electron chi connectivity index (χ4n) is 2.39. The number of ether oxygens (including phenoxy) is 1. The molecule has 0 aliphatic rings. The summed E-state index contributed by atoms with van der Waals surface area (Å²) in [5.74, 6) is -0.879. The lowest BCUT2D eigenvalue weighted by Crippen LogP contribution is -2.40. The van der Waals surface area contributed by atoms with Gasteiger partial charge in [0.2, 0.25) is 0 Å². The van der Waals surface area contributed by atoms with Crippen molar-refractivity contribution in [2.45, 2.75) is 13.0 Å². The topological polar surface area (TPSA) is 70.7 Å². The first-order chi connectivity index (χ1) is 11.9. The Bertz CT molecular complexity index is 729. The minimum atomic E-state index is -0.715. The second kappa shape index (κ2) is 8.64. The van der Waals surface area contributed by atoms with Gasteiger partial charge in [0.05, 0.1) is 18.8 Å². The van der Waals surface area contributed by atoms with Crippen LogP contribution in [-0.2, 0) is 9.59 Å². The zero-order valence-corrected chi connectivity index (χ0v) is 15.6. The maximum absolute atomic E-state index is 12.2. The average molecular weight is 361 g/mol. The number of nitrogens with zero attached hydrogens (tertiary/aromatic N) is 1. The molecule has 0 spiro atoms. The number of carbonyl (C=O) groups excluding carboxylic acids is 2. The number of aryl methyl sites for hydroxylation is 1. The number of thiophene rings is 1. The second-order valence-corrected chi connectivity index (χ2v) is 6.84. The summed E-state index contributed by atoms with van der Waals surface area (Å²) >= 11 is 1.62. The molecule has 1 unspecified atom stereocenters. The molecule has 2 aromatic rings. The van der Waals surface area contributed by atoms with Gasteiger partial charge in [-0.2, -0.15) is 0 Å². The molecule has 0 saturated heterocycles. The number of hydrogen-bond donors (Lipinski definition) is 2. The Hall–Kier alpha value is -2.38. The third-order valence-electron chi connectivity index (χ3n) is 3.76. The SMILES string of the molecule is COc1ccc(C)cc1NC(=O)C(=O)NCC(c1cccs1)N(C)C. The number of amides is 2. The number of hydrogen-bond acceptors (Lipinski definition) is 5. The Balaban J connectivity index is 1.98. The first kappa shape index (κ1) is 19.0. The Morgan fingerprint density at radius 2 is 2.00 bits per heavy atom. The zero-order valence-electron chi connectivity index (χ0n) is 14.8. The van der Waals surface area contributed by atoms with Gasteiger partial charge in [-0.05, 0) is 50.2 Å². The summed E-state index contributed by atoms with van der Waals surface area (Å²) in [6, 6.07) is 9.39. The van der Waals surface area contributed by atoms with Crippen LogP contribution in [0, 0.1) is 6.92 Å². The van der Waals surface area contributed by atoms with E-state index in [1.807, 2.05) is 49.5 Å². The highest BCUT2D eigenvalue weighted by molar-refractivity contribution is 7.10. The number of likely N-dealkylation sites (N-methyl/N-ethyl adjacent to an activating group) is 1. The van der Waals surface area contributed by atoms with Crippen LogP contribution in [-0.4, -0.2) is 44.5 Å². The predicted octanol–water partition coefficient (Wildman–Crippen LogP) is 2.42. The largest absolute Gasteiger partial charge is 0.495 e. The van der Waals surface area contributed by atoms with E-state index in [-0.39, 0.29) is 6.04 Å². The van der Waals surface area contributed by atoms with Crippen molar-refractivity contribution < 1.29 is 14.3 Å². The van der Waals surface area contributed by atoms with Gasteiger partial charge in [-0.25, -0.2) is 0 Å². The molecule has 2 N–H and O–H groups in total. The van der Waals surface area contributed by atoms with Gasteiger partial charge in [0.1, 0.15) is 5.75 Å². The minimum Gasteiger partial charge on any atom is -0.495 e. The number of nitrogens with one attached hydrogen (secondary N) is 2. The lowest BCUT2D eigenvalue weighted by atomic mass is 10.2. The van der Waals surface area contributed by atoms with E-state index in [0.29, 0.717) is 18.0 Å². The molecule has 0 aliphatic heterocycles. The maximum Gasteiger partial charge on any atom is 0.313 e. The number of benzene rings is 1. The van der Waals surface area contributed by atoms with Gasteiger partial charge in [0, 0.05) is 11.4 Å². The van der Waals surface area contributed by atoms with Crippen molar-refractivity contribution in [3.8, 4) is 5.75 Å². The lowest BCUT2D eigenvalue weighted by Gasteiger charge is -2.23. The normalized spacial score (nSPS) is 11.9. The molecule has 25 heavy (non-hydrogen) atoms. The van der Waals surface area contributed by atoms with E-state index in [1.165, 1.54) is 7.11 Å². The second-order valence-electron chi connectivity index (χ2n) is 5.86. The fourth-order valence-corrected chi connectivity index (χ4v) is 3.31. The third kappa shape index (κ3) is 5.04. The van der Waals surface area contributed by atoms with Crippen LogP contribution in [0.4, 0.5) is 5.69 Å². The Morgan fingerprint density at radius 3 is 2.60 bits per heavy atom. The van der Waals surface area contributed by atoms with Crippen molar-refractivity contribution in [2.75, 3.05) is 33.1 Å². The van der Waals surface area contributed by atoms with E-state index in [4.69, 9.17) is 4.74 Å². The highest BCUT2D eigenvalue weighted by atomic mass is 32.1. The molecule has 1 atom stereocenters. The van der Waals surface area contributed by atoms with Gasteiger partial charge < -0.3 is 20.3 Å². The molecule has 134 valence electrons. The van der Waals surface area contributed by atoms with Crippen LogP contribution in [0.25, 0.3) is 0 Å². The van der Waals surface area contributed by atoms with Crippen LogP contribution in [0.5, 0.6) is 5.75 Å². The van der Waals surface area contributed by atoms with Gasteiger partial charge in [-0.3, -0.25) is 9.59 Å². The molecule has 7 heteroatoms. The Kier molecular flexibility index (Phi) is 6.55. The summed E-state index contributed by atoms with van der Waals surface area (Å²) in [6.45, 7) is 2.25.